The number of nitrogens with one attached hydrogen (secondary N) is 1. The van der Waals surface area contributed by atoms with Gasteiger partial charge in [0.1, 0.15) is 5.69 Å². The number of aliphatic hydroxyl groups excluding tert-OH is 1. The van der Waals surface area contributed by atoms with Gasteiger partial charge in [-0.25, -0.2) is 0 Å². The van der Waals surface area contributed by atoms with Crippen LogP contribution in [0.15, 0.2) is 18.2 Å². The fourth-order valence-corrected chi connectivity index (χ4v) is 1.38. The number of carbonyl (C=O) groups is 1. The molecule has 0 heterocycles. The number of primary amides is 1. The van der Waals surface area contributed by atoms with Gasteiger partial charge in [0.25, 0.3) is 5.69 Å². The lowest BCUT2D eigenvalue weighted by Crippen LogP contribution is -2.27. The molecule has 0 atom stereocenters. The first-order chi connectivity index (χ1) is 8.76. The number of hydrogen-bond donors (Lipinski definition) is 3. The molecule has 0 saturated carbocycles. The Morgan fingerprint density at radius 2 is 2.16 bits per heavy atom. The van der Waals surface area contributed by atoms with Crippen molar-refractivity contribution < 1.29 is 14.8 Å². The maximum atomic E-state index is 11.0. The highest BCUT2D eigenvalue weighted by Crippen LogP contribution is 2.27. The van der Waals surface area contributed by atoms with Crippen molar-refractivity contribution in [2.45, 2.75) is 13.8 Å². The third kappa shape index (κ3) is 3.92. The summed E-state index contributed by atoms with van der Waals surface area (Å²) in [5.74, 6) is -0.717. The molecule has 0 bridgehead atoms. The van der Waals surface area contributed by atoms with E-state index in [1.807, 2.05) is 13.8 Å². The normalized spacial score (nSPS) is 11.1. The predicted molar refractivity (Wildman–Crippen MR) is 71.0 cm³/mol. The number of nitro benzene ring substituents is 1. The van der Waals surface area contributed by atoms with Gasteiger partial charge in [0.05, 0.1) is 4.92 Å². The smallest absolute Gasteiger partial charge is 0.293 e. The molecule has 1 amide bonds. The molecule has 0 aliphatic carbocycles. The van der Waals surface area contributed by atoms with Crippen LogP contribution in [0.1, 0.15) is 24.2 Å². The van der Waals surface area contributed by atoms with E-state index in [1.54, 1.807) is 0 Å². The molecule has 1 rings (SSSR count). The number of benzene rings is 1. The molecule has 1 aromatic rings. The number of amides is 1. The minimum Gasteiger partial charge on any atom is -0.396 e. The number of nitrogens with two attached hydrogens (primary N) is 1. The highest BCUT2D eigenvalue weighted by Gasteiger charge is 2.20. The Morgan fingerprint density at radius 1 is 1.53 bits per heavy atom. The lowest BCUT2D eigenvalue weighted by molar-refractivity contribution is -0.384. The van der Waals surface area contributed by atoms with Gasteiger partial charge >= 0.3 is 0 Å². The van der Waals surface area contributed by atoms with Crippen molar-refractivity contribution in [3.8, 4) is 0 Å². The first kappa shape index (κ1) is 14.9. The summed E-state index contributed by atoms with van der Waals surface area (Å²) in [6.45, 7) is 3.96. The summed E-state index contributed by atoms with van der Waals surface area (Å²) in [6, 6.07) is 3.99. The summed E-state index contributed by atoms with van der Waals surface area (Å²) in [7, 11) is 0. The average Bonchev–Trinajstić information content (AvgIpc) is 2.36. The first-order valence-electron chi connectivity index (χ1n) is 5.70. The van der Waals surface area contributed by atoms with Crippen LogP contribution in [0.4, 0.5) is 11.4 Å². The highest BCUT2D eigenvalue weighted by atomic mass is 16.6. The molecule has 4 N–H and O–H groups in total. The molecule has 0 aromatic heterocycles. The largest absolute Gasteiger partial charge is 0.396 e. The van der Waals surface area contributed by atoms with Crippen molar-refractivity contribution in [3.05, 3.63) is 33.9 Å². The monoisotopic (exact) mass is 267 g/mol. The molecule has 104 valence electrons. The lowest BCUT2D eigenvalue weighted by Gasteiger charge is -2.22. The van der Waals surface area contributed by atoms with Gasteiger partial charge in [-0.3, -0.25) is 14.9 Å². The van der Waals surface area contributed by atoms with E-state index in [4.69, 9.17) is 10.8 Å². The Balaban J connectivity index is 3.01. The second-order valence-corrected chi connectivity index (χ2v) is 5.03. The van der Waals surface area contributed by atoms with Gasteiger partial charge in [0, 0.05) is 30.2 Å². The molecular formula is C12H17N3O4. The molecular weight excluding hydrogens is 250 g/mol. The molecule has 0 aliphatic heterocycles. The molecule has 0 aliphatic rings. The van der Waals surface area contributed by atoms with Crippen LogP contribution in [0.2, 0.25) is 0 Å². The van der Waals surface area contributed by atoms with Crippen LogP contribution in [0.3, 0.4) is 0 Å². The van der Waals surface area contributed by atoms with Gasteiger partial charge in [-0.1, -0.05) is 13.8 Å². The van der Waals surface area contributed by atoms with Crippen molar-refractivity contribution in [3.63, 3.8) is 0 Å². The number of rotatable bonds is 6. The minimum absolute atomic E-state index is 0.0484. The summed E-state index contributed by atoms with van der Waals surface area (Å²) in [5.41, 5.74) is 4.83. The van der Waals surface area contributed by atoms with Gasteiger partial charge in [-0.2, -0.15) is 0 Å². The van der Waals surface area contributed by atoms with Crippen LogP contribution < -0.4 is 11.1 Å². The van der Waals surface area contributed by atoms with Crippen molar-refractivity contribution in [1.82, 2.24) is 0 Å². The molecule has 7 heteroatoms. The summed E-state index contributed by atoms with van der Waals surface area (Å²) in [6.07, 6.45) is 0. The van der Waals surface area contributed by atoms with Crippen LogP contribution in [0.5, 0.6) is 0 Å². The van der Waals surface area contributed by atoms with Crippen molar-refractivity contribution in [2.24, 2.45) is 11.1 Å². The molecule has 7 nitrogen and oxygen atoms in total. The Hall–Kier alpha value is -2.15. The van der Waals surface area contributed by atoms with Crippen LogP contribution in [-0.2, 0) is 0 Å². The quantitative estimate of drug-likeness (QED) is 0.527. The van der Waals surface area contributed by atoms with E-state index in [2.05, 4.69) is 5.32 Å². The van der Waals surface area contributed by atoms with Gasteiger partial charge in [0.2, 0.25) is 5.91 Å². The average molecular weight is 267 g/mol. The second kappa shape index (κ2) is 5.66. The molecule has 0 spiro atoms. The first-order valence-corrected chi connectivity index (χ1v) is 5.70. The van der Waals surface area contributed by atoms with Gasteiger partial charge in [0.15, 0.2) is 0 Å². The van der Waals surface area contributed by atoms with Gasteiger partial charge in [-0.05, 0) is 12.1 Å². The predicted octanol–water partition coefficient (Wildman–Crippen LogP) is 1.12. The zero-order chi connectivity index (χ0) is 14.6. The second-order valence-electron chi connectivity index (χ2n) is 5.03. The molecule has 0 saturated heterocycles. The molecule has 19 heavy (non-hydrogen) atoms. The summed E-state index contributed by atoms with van der Waals surface area (Å²) >= 11 is 0. The van der Waals surface area contributed by atoms with Crippen molar-refractivity contribution >= 4 is 17.3 Å². The molecule has 0 radical (unpaired) electrons. The Bertz CT molecular complexity index is 500. The van der Waals surface area contributed by atoms with Gasteiger partial charge in [-0.15, -0.1) is 0 Å². The van der Waals surface area contributed by atoms with E-state index < -0.39 is 16.2 Å². The SMILES string of the molecule is CC(C)(CO)CNc1ccc(C(N)=O)cc1[N+](=O)[O-]. The highest BCUT2D eigenvalue weighted by molar-refractivity contribution is 5.94. The number of aliphatic hydroxyl groups is 1. The number of nitrogens with zero attached hydrogens (tertiary/aromatic N) is 1. The number of anilines is 1. The van der Waals surface area contributed by atoms with Crippen LogP contribution in [0.25, 0.3) is 0 Å². The van der Waals surface area contributed by atoms with Crippen LogP contribution in [-0.4, -0.2) is 29.1 Å². The fourth-order valence-electron chi connectivity index (χ4n) is 1.38. The number of carbonyl (C=O) groups excluding carboxylic acids is 1. The van der Waals surface area contributed by atoms with E-state index in [0.717, 1.165) is 6.07 Å². The van der Waals surface area contributed by atoms with E-state index >= 15 is 0 Å². The number of nitro groups is 1. The fraction of sp³-hybridized carbons (Fsp3) is 0.417. The van der Waals surface area contributed by atoms with E-state index in [0.29, 0.717) is 6.54 Å². The zero-order valence-corrected chi connectivity index (χ0v) is 10.8. The van der Waals surface area contributed by atoms with E-state index in [-0.39, 0.29) is 23.5 Å². The molecule has 0 fully saturated rings. The lowest BCUT2D eigenvalue weighted by atomic mass is 9.95. The summed E-state index contributed by atoms with van der Waals surface area (Å²) in [5, 5.41) is 23.0. The minimum atomic E-state index is -0.717. The number of hydrogen-bond acceptors (Lipinski definition) is 5. The third-order valence-electron chi connectivity index (χ3n) is 2.66. The Labute approximate surface area is 110 Å². The Kier molecular flexibility index (Phi) is 4.44. The van der Waals surface area contributed by atoms with Crippen LogP contribution in [0, 0.1) is 15.5 Å². The van der Waals surface area contributed by atoms with E-state index in [9.17, 15) is 14.9 Å². The van der Waals surface area contributed by atoms with Crippen LogP contribution >= 0.6 is 0 Å². The standard InChI is InChI=1S/C12H17N3O4/c1-12(2,7-16)6-14-9-4-3-8(11(13)17)5-10(9)15(18)19/h3-5,14,16H,6-7H2,1-2H3,(H2,13,17). The maximum Gasteiger partial charge on any atom is 0.293 e. The van der Waals surface area contributed by atoms with Crippen molar-refractivity contribution in [2.75, 3.05) is 18.5 Å². The zero-order valence-electron chi connectivity index (χ0n) is 10.8. The van der Waals surface area contributed by atoms with Gasteiger partial charge < -0.3 is 16.2 Å². The maximum absolute atomic E-state index is 11.0. The summed E-state index contributed by atoms with van der Waals surface area (Å²) < 4.78 is 0. The Morgan fingerprint density at radius 3 is 2.63 bits per heavy atom. The van der Waals surface area contributed by atoms with Crippen molar-refractivity contribution in [1.29, 1.82) is 0 Å². The van der Waals surface area contributed by atoms with E-state index in [1.165, 1.54) is 12.1 Å². The molecule has 1 aromatic carbocycles. The summed E-state index contributed by atoms with van der Waals surface area (Å²) in [4.78, 5) is 21.4. The third-order valence-corrected chi connectivity index (χ3v) is 2.66. The topological polar surface area (TPSA) is 118 Å². The molecule has 0 unspecified atom stereocenters.